The van der Waals surface area contributed by atoms with E-state index in [0.717, 1.165) is 17.1 Å². The molecule has 1 fully saturated rings. The fourth-order valence-electron chi connectivity index (χ4n) is 3.09. The Morgan fingerprint density at radius 2 is 1.88 bits per heavy atom. The zero-order valence-electron chi connectivity index (χ0n) is 14.7. The van der Waals surface area contributed by atoms with Crippen molar-refractivity contribution in [3.63, 3.8) is 0 Å². The number of amides is 2. The Morgan fingerprint density at radius 1 is 1.16 bits per heavy atom. The standard InChI is InChI=1S/C18H26N2O5/c1-24-15-8-5-12(16(11-15)25-2)9-10-19-18(23)20-14-6-3-13(4-7-14)17(21)22/h5,8,11,13-14H,3-4,6-7,9-10H2,1-2H3,(H,21,22)(H2,19,20,23). The van der Waals surface area contributed by atoms with Gasteiger partial charge in [0.25, 0.3) is 0 Å². The molecule has 0 bridgehead atoms. The summed E-state index contributed by atoms with van der Waals surface area (Å²) >= 11 is 0. The van der Waals surface area contributed by atoms with Crippen LogP contribution in [0.5, 0.6) is 11.5 Å². The van der Waals surface area contributed by atoms with Crippen molar-refractivity contribution in [2.24, 2.45) is 5.92 Å². The number of carbonyl (C=O) groups excluding carboxylic acids is 1. The summed E-state index contributed by atoms with van der Waals surface area (Å²) in [6.07, 6.45) is 3.28. The summed E-state index contributed by atoms with van der Waals surface area (Å²) in [7, 11) is 3.20. The Labute approximate surface area is 147 Å². The third-order valence-corrected chi connectivity index (χ3v) is 4.59. The van der Waals surface area contributed by atoms with Gasteiger partial charge in [-0.3, -0.25) is 4.79 Å². The van der Waals surface area contributed by atoms with Gasteiger partial charge in [0.05, 0.1) is 20.1 Å². The first-order valence-electron chi connectivity index (χ1n) is 8.51. The predicted molar refractivity (Wildman–Crippen MR) is 93.2 cm³/mol. The summed E-state index contributed by atoms with van der Waals surface area (Å²) in [5, 5.41) is 14.7. The zero-order chi connectivity index (χ0) is 18.2. The van der Waals surface area contributed by atoms with Crippen molar-refractivity contribution in [2.75, 3.05) is 20.8 Å². The zero-order valence-corrected chi connectivity index (χ0v) is 14.7. The Hall–Kier alpha value is -2.44. The van der Waals surface area contributed by atoms with Crippen LogP contribution in [0.2, 0.25) is 0 Å². The maximum Gasteiger partial charge on any atom is 0.315 e. The summed E-state index contributed by atoms with van der Waals surface area (Å²) in [6, 6.07) is 5.43. The molecule has 2 amide bonds. The molecule has 0 aliphatic heterocycles. The largest absolute Gasteiger partial charge is 0.497 e. The summed E-state index contributed by atoms with van der Waals surface area (Å²) in [4.78, 5) is 22.9. The number of carboxylic acid groups (broad SMARTS) is 1. The van der Waals surface area contributed by atoms with Crippen molar-refractivity contribution < 1.29 is 24.2 Å². The van der Waals surface area contributed by atoms with E-state index in [9.17, 15) is 9.59 Å². The summed E-state index contributed by atoms with van der Waals surface area (Å²) in [5.74, 6) is 0.441. The number of hydrogen-bond acceptors (Lipinski definition) is 4. The molecular weight excluding hydrogens is 324 g/mol. The van der Waals surface area contributed by atoms with E-state index in [1.54, 1.807) is 14.2 Å². The van der Waals surface area contributed by atoms with Crippen LogP contribution in [-0.4, -0.2) is 43.9 Å². The summed E-state index contributed by atoms with van der Waals surface area (Å²) < 4.78 is 10.5. The van der Waals surface area contributed by atoms with Crippen molar-refractivity contribution in [1.82, 2.24) is 10.6 Å². The van der Waals surface area contributed by atoms with E-state index < -0.39 is 5.97 Å². The van der Waals surface area contributed by atoms with E-state index >= 15 is 0 Å². The Morgan fingerprint density at radius 3 is 2.48 bits per heavy atom. The second-order valence-corrected chi connectivity index (χ2v) is 6.21. The number of benzene rings is 1. The van der Waals surface area contributed by atoms with Gasteiger partial charge in [0.15, 0.2) is 0 Å². The Balaban J connectivity index is 1.73. The molecule has 7 heteroatoms. The van der Waals surface area contributed by atoms with Crippen LogP contribution in [0.15, 0.2) is 18.2 Å². The molecule has 0 heterocycles. The lowest BCUT2D eigenvalue weighted by Gasteiger charge is -2.26. The number of methoxy groups -OCH3 is 2. The molecule has 1 aliphatic carbocycles. The van der Waals surface area contributed by atoms with Crippen LogP contribution < -0.4 is 20.1 Å². The lowest BCUT2D eigenvalue weighted by Crippen LogP contribution is -2.44. The van der Waals surface area contributed by atoms with Crippen LogP contribution in [0.1, 0.15) is 31.2 Å². The van der Waals surface area contributed by atoms with Crippen LogP contribution >= 0.6 is 0 Å². The number of carbonyl (C=O) groups is 2. The van der Waals surface area contributed by atoms with Crippen molar-refractivity contribution >= 4 is 12.0 Å². The van der Waals surface area contributed by atoms with E-state index in [2.05, 4.69) is 10.6 Å². The molecule has 1 aromatic carbocycles. The SMILES string of the molecule is COc1ccc(CCNC(=O)NC2CCC(C(=O)O)CC2)c(OC)c1. The smallest absolute Gasteiger partial charge is 0.315 e. The van der Waals surface area contributed by atoms with Crippen LogP contribution in [0, 0.1) is 5.92 Å². The third-order valence-electron chi connectivity index (χ3n) is 4.59. The number of hydrogen-bond donors (Lipinski definition) is 3. The molecule has 7 nitrogen and oxygen atoms in total. The highest BCUT2D eigenvalue weighted by Crippen LogP contribution is 2.25. The molecule has 0 atom stereocenters. The van der Waals surface area contributed by atoms with Crippen LogP contribution in [0.4, 0.5) is 4.79 Å². The summed E-state index contributed by atoms with van der Waals surface area (Å²) in [6.45, 7) is 0.485. The van der Waals surface area contributed by atoms with E-state index in [-0.39, 0.29) is 18.0 Å². The first kappa shape index (κ1) is 18.9. The van der Waals surface area contributed by atoms with Crippen molar-refractivity contribution in [3.05, 3.63) is 23.8 Å². The predicted octanol–water partition coefficient (Wildman–Crippen LogP) is 2.19. The van der Waals surface area contributed by atoms with Crippen molar-refractivity contribution in [3.8, 4) is 11.5 Å². The lowest BCUT2D eigenvalue weighted by atomic mass is 9.86. The van der Waals surface area contributed by atoms with Crippen LogP contribution in [0.25, 0.3) is 0 Å². The monoisotopic (exact) mass is 350 g/mol. The maximum atomic E-state index is 12.0. The highest BCUT2D eigenvalue weighted by atomic mass is 16.5. The van der Waals surface area contributed by atoms with E-state index in [1.807, 2.05) is 18.2 Å². The van der Waals surface area contributed by atoms with Gasteiger partial charge in [-0.1, -0.05) is 6.07 Å². The fraction of sp³-hybridized carbons (Fsp3) is 0.556. The Kier molecular flexibility index (Phi) is 6.91. The van der Waals surface area contributed by atoms with Gasteiger partial charge < -0.3 is 25.2 Å². The molecule has 0 aromatic heterocycles. The molecule has 2 rings (SSSR count). The van der Waals surface area contributed by atoms with E-state index in [4.69, 9.17) is 14.6 Å². The fourth-order valence-corrected chi connectivity index (χ4v) is 3.09. The average molecular weight is 350 g/mol. The summed E-state index contributed by atoms with van der Waals surface area (Å²) in [5.41, 5.74) is 0.991. The van der Waals surface area contributed by atoms with Gasteiger partial charge in [0.1, 0.15) is 11.5 Å². The molecule has 138 valence electrons. The second kappa shape index (κ2) is 9.15. The van der Waals surface area contributed by atoms with E-state index in [0.29, 0.717) is 38.6 Å². The van der Waals surface area contributed by atoms with E-state index in [1.165, 1.54) is 0 Å². The molecule has 0 radical (unpaired) electrons. The average Bonchev–Trinajstić information content (AvgIpc) is 2.62. The first-order chi connectivity index (χ1) is 12.0. The molecule has 1 aromatic rings. The van der Waals surface area contributed by atoms with Crippen LogP contribution in [-0.2, 0) is 11.2 Å². The number of nitrogens with one attached hydrogen (secondary N) is 2. The van der Waals surface area contributed by atoms with Gasteiger partial charge in [-0.25, -0.2) is 4.79 Å². The van der Waals surface area contributed by atoms with Gasteiger partial charge in [-0.2, -0.15) is 0 Å². The second-order valence-electron chi connectivity index (χ2n) is 6.21. The van der Waals surface area contributed by atoms with Gasteiger partial charge in [-0.15, -0.1) is 0 Å². The number of carboxylic acids is 1. The topological polar surface area (TPSA) is 96.9 Å². The number of rotatable bonds is 7. The Bertz CT molecular complexity index is 597. The molecule has 1 aliphatic rings. The quantitative estimate of drug-likeness (QED) is 0.700. The molecule has 3 N–H and O–H groups in total. The van der Waals surface area contributed by atoms with Gasteiger partial charge in [-0.05, 0) is 43.7 Å². The minimum absolute atomic E-state index is 0.0473. The minimum Gasteiger partial charge on any atom is -0.497 e. The molecule has 0 saturated heterocycles. The molecular formula is C18H26N2O5. The molecule has 1 saturated carbocycles. The van der Waals surface area contributed by atoms with Crippen molar-refractivity contribution in [2.45, 2.75) is 38.1 Å². The highest BCUT2D eigenvalue weighted by molar-refractivity contribution is 5.74. The molecule has 25 heavy (non-hydrogen) atoms. The first-order valence-corrected chi connectivity index (χ1v) is 8.51. The van der Waals surface area contributed by atoms with Gasteiger partial charge >= 0.3 is 12.0 Å². The normalized spacial score (nSPS) is 19.8. The van der Waals surface area contributed by atoms with Crippen molar-refractivity contribution in [1.29, 1.82) is 0 Å². The number of ether oxygens (including phenoxy) is 2. The third kappa shape index (κ3) is 5.55. The van der Waals surface area contributed by atoms with Gasteiger partial charge in [0.2, 0.25) is 0 Å². The number of urea groups is 1. The molecule has 0 spiro atoms. The molecule has 0 unspecified atom stereocenters. The van der Waals surface area contributed by atoms with Crippen LogP contribution in [0.3, 0.4) is 0 Å². The minimum atomic E-state index is -0.739. The highest BCUT2D eigenvalue weighted by Gasteiger charge is 2.26. The number of aliphatic carboxylic acids is 1. The van der Waals surface area contributed by atoms with Gasteiger partial charge in [0, 0.05) is 18.7 Å². The maximum absolute atomic E-state index is 12.0. The lowest BCUT2D eigenvalue weighted by molar-refractivity contribution is -0.142.